The van der Waals surface area contributed by atoms with E-state index in [4.69, 9.17) is 10.5 Å². The Hall–Kier alpha value is -1.60. The zero-order valence-corrected chi connectivity index (χ0v) is 12.7. The summed E-state index contributed by atoms with van der Waals surface area (Å²) in [5.74, 6) is -0.466. The molecule has 0 spiro atoms. The van der Waals surface area contributed by atoms with E-state index >= 15 is 0 Å². The van der Waals surface area contributed by atoms with Gasteiger partial charge in [0.15, 0.2) is 0 Å². The lowest BCUT2D eigenvalue weighted by atomic mass is 9.91. The Balaban J connectivity index is 1.84. The molecule has 1 aliphatic carbocycles. The van der Waals surface area contributed by atoms with E-state index in [-0.39, 0.29) is 12.1 Å². The zero-order chi connectivity index (χ0) is 16.9. The van der Waals surface area contributed by atoms with E-state index in [1.165, 1.54) is 0 Å². The topological polar surface area (TPSA) is 64.4 Å². The average molecular weight is 330 g/mol. The molecule has 7 heteroatoms. The third-order valence-corrected chi connectivity index (χ3v) is 3.98. The standard InChI is InChI=1S/C16H21F3N2O2/c17-16(18,19)10-23-13-8-6-12(7-9-13)21-14(15(20)22)11-4-2-1-3-5-11/h1-5,12-14,21H,6-10H2,(H2,20,22)/t12?,13?,14-/m0/s1. The van der Waals surface area contributed by atoms with E-state index in [2.05, 4.69) is 5.32 Å². The molecule has 1 aliphatic rings. The molecule has 23 heavy (non-hydrogen) atoms. The van der Waals surface area contributed by atoms with E-state index in [0.717, 1.165) is 5.56 Å². The number of hydrogen-bond donors (Lipinski definition) is 2. The van der Waals surface area contributed by atoms with Crippen LogP contribution in [0.1, 0.15) is 37.3 Å². The van der Waals surface area contributed by atoms with Crippen molar-refractivity contribution < 1.29 is 22.7 Å². The molecular weight excluding hydrogens is 309 g/mol. The Morgan fingerprint density at radius 3 is 2.35 bits per heavy atom. The first-order valence-electron chi connectivity index (χ1n) is 7.64. The quantitative estimate of drug-likeness (QED) is 0.843. The number of carbonyl (C=O) groups is 1. The lowest BCUT2D eigenvalue weighted by Gasteiger charge is -2.31. The summed E-state index contributed by atoms with van der Waals surface area (Å²) in [4.78, 5) is 11.7. The molecule has 0 radical (unpaired) electrons. The second-order valence-electron chi connectivity index (χ2n) is 5.81. The van der Waals surface area contributed by atoms with Crippen LogP contribution in [0.2, 0.25) is 0 Å². The van der Waals surface area contributed by atoms with Gasteiger partial charge in [-0.2, -0.15) is 13.2 Å². The van der Waals surface area contributed by atoms with Gasteiger partial charge in [0, 0.05) is 6.04 Å². The number of amides is 1. The van der Waals surface area contributed by atoms with Gasteiger partial charge in [0.1, 0.15) is 12.6 Å². The van der Waals surface area contributed by atoms with Crippen LogP contribution >= 0.6 is 0 Å². The van der Waals surface area contributed by atoms with Crippen molar-refractivity contribution in [3.05, 3.63) is 35.9 Å². The molecule has 1 atom stereocenters. The van der Waals surface area contributed by atoms with Crippen LogP contribution < -0.4 is 11.1 Å². The largest absolute Gasteiger partial charge is 0.411 e. The molecule has 4 nitrogen and oxygen atoms in total. The van der Waals surface area contributed by atoms with Gasteiger partial charge in [-0.05, 0) is 31.2 Å². The second-order valence-corrected chi connectivity index (χ2v) is 5.81. The van der Waals surface area contributed by atoms with Crippen LogP contribution in [0.5, 0.6) is 0 Å². The molecule has 1 aromatic carbocycles. The van der Waals surface area contributed by atoms with Gasteiger partial charge in [-0.1, -0.05) is 30.3 Å². The molecule has 1 aromatic rings. The number of hydrogen-bond acceptors (Lipinski definition) is 3. The monoisotopic (exact) mass is 330 g/mol. The molecular formula is C16H21F3N2O2. The van der Waals surface area contributed by atoms with Crippen LogP contribution in [0.4, 0.5) is 13.2 Å². The van der Waals surface area contributed by atoms with E-state index < -0.39 is 24.7 Å². The summed E-state index contributed by atoms with van der Waals surface area (Å²) in [6.45, 7) is -1.20. The predicted octanol–water partition coefficient (Wildman–Crippen LogP) is 2.69. The number of primary amides is 1. The Morgan fingerprint density at radius 2 is 1.83 bits per heavy atom. The van der Waals surface area contributed by atoms with E-state index in [1.807, 2.05) is 30.3 Å². The van der Waals surface area contributed by atoms with E-state index in [0.29, 0.717) is 25.7 Å². The maximum atomic E-state index is 12.1. The molecule has 0 bridgehead atoms. The van der Waals surface area contributed by atoms with Gasteiger partial charge >= 0.3 is 6.18 Å². The van der Waals surface area contributed by atoms with E-state index in [9.17, 15) is 18.0 Å². The minimum Gasteiger partial charge on any atom is -0.369 e. The number of benzene rings is 1. The van der Waals surface area contributed by atoms with Gasteiger partial charge in [-0.25, -0.2) is 0 Å². The van der Waals surface area contributed by atoms with E-state index in [1.54, 1.807) is 0 Å². The van der Waals surface area contributed by atoms with Crippen molar-refractivity contribution in [2.45, 2.75) is 50.0 Å². The van der Waals surface area contributed by atoms with Gasteiger partial charge in [-0.15, -0.1) is 0 Å². The van der Waals surface area contributed by atoms with Gasteiger partial charge < -0.3 is 10.5 Å². The number of rotatable bonds is 6. The highest BCUT2D eigenvalue weighted by Gasteiger charge is 2.31. The van der Waals surface area contributed by atoms with Crippen molar-refractivity contribution in [2.75, 3.05) is 6.61 Å². The molecule has 2 rings (SSSR count). The number of carbonyl (C=O) groups excluding carboxylic acids is 1. The fourth-order valence-electron chi connectivity index (χ4n) is 2.83. The highest BCUT2D eigenvalue weighted by atomic mass is 19.4. The summed E-state index contributed by atoms with van der Waals surface area (Å²) in [6, 6.07) is 8.60. The number of alkyl halides is 3. The zero-order valence-electron chi connectivity index (χ0n) is 12.7. The molecule has 128 valence electrons. The van der Waals surface area contributed by atoms with Crippen molar-refractivity contribution in [1.82, 2.24) is 5.32 Å². The SMILES string of the molecule is NC(=O)[C@@H](NC1CCC(OCC(F)(F)F)CC1)c1ccccc1. The summed E-state index contributed by atoms with van der Waals surface area (Å²) in [5, 5.41) is 3.21. The molecule has 3 N–H and O–H groups in total. The van der Waals surface area contributed by atoms with Crippen LogP contribution in [0.15, 0.2) is 30.3 Å². The number of ether oxygens (including phenoxy) is 1. The summed E-state index contributed by atoms with van der Waals surface area (Å²) >= 11 is 0. The van der Waals surface area contributed by atoms with Crippen molar-refractivity contribution in [2.24, 2.45) is 5.73 Å². The first-order valence-corrected chi connectivity index (χ1v) is 7.64. The van der Waals surface area contributed by atoms with Crippen molar-refractivity contribution in [1.29, 1.82) is 0 Å². The summed E-state index contributed by atoms with van der Waals surface area (Å²) in [6.07, 6.45) is -2.29. The normalized spacial score (nSPS) is 23.4. The van der Waals surface area contributed by atoms with Crippen LogP contribution in [0.3, 0.4) is 0 Å². The molecule has 0 unspecified atom stereocenters. The Labute approximate surface area is 133 Å². The van der Waals surface area contributed by atoms with Crippen LogP contribution in [-0.4, -0.2) is 30.8 Å². The maximum absolute atomic E-state index is 12.1. The summed E-state index contributed by atoms with van der Waals surface area (Å²) in [5.41, 5.74) is 6.25. The van der Waals surface area contributed by atoms with Crippen molar-refractivity contribution in [3.8, 4) is 0 Å². The molecule has 0 aliphatic heterocycles. The molecule has 0 saturated heterocycles. The number of halogens is 3. The van der Waals surface area contributed by atoms with Gasteiger partial charge in [0.05, 0.1) is 6.10 Å². The van der Waals surface area contributed by atoms with Gasteiger partial charge in [-0.3, -0.25) is 10.1 Å². The fraction of sp³-hybridized carbons (Fsp3) is 0.562. The Bertz CT molecular complexity index is 500. The smallest absolute Gasteiger partial charge is 0.369 e. The highest BCUT2D eigenvalue weighted by molar-refractivity contribution is 5.81. The fourth-order valence-corrected chi connectivity index (χ4v) is 2.83. The minimum absolute atomic E-state index is 0.0402. The number of nitrogens with two attached hydrogens (primary N) is 1. The third kappa shape index (κ3) is 5.84. The molecule has 0 aromatic heterocycles. The van der Waals surface area contributed by atoms with Crippen molar-refractivity contribution >= 4 is 5.91 Å². The Kier molecular flexibility index (Phi) is 6.01. The first-order chi connectivity index (χ1) is 10.8. The predicted molar refractivity (Wildman–Crippen MR) is 79.6 cm³/mol. The summed E-state index contributed by atoms with van der Waals surface area (Å²) in [7, 11) is 0. The third-order valence-electron chi connectivity index (χ3n) is 3.98. The maximum Gasteiger partial charge on any atom is 0.411 e. The van der Waals surface area contributed by atoms with Gasteiger partial charge in [0.25, 0.3) is 0 Å². The van der Waals surface area contributed by atoms with Gasteiger partial charge in [0.2, 0.25) is 5.91 Å². The lowest BCUT2D eigenvalue weighted by Crippen LogP contribution is -2.42. The van der Waals surface area contributed by atoms with Crippen LogP contribution in [0, 0.1) is 0 Å². The van der Waals surface area contributed by atoms with Crippen LogP contribution in [-0.2, 0) is 9.53 Å². The molecule has 1 fully saturated rings. The second kappa shape index (κ2) is 7.79. The average Bonchev–Trinajstić information content (AvgIpc) is 2.51. The Morgan fingerprint density at radius 1 is 1.22 bits per heavy atom. The number of nitrogens with one attached hydrogen (secondary N) is 1. The van der Waals surface area contributed by atoms with Crippen molar-refractivity contribution in [3.63, 3.8) is 0 Å². The summed E-state index contributed by atoms with van der Waals surface area (Å²) < 4.78 is 41.3. The lowest BCUT2D eigenvalue weighted by molar-refractivity contribution is -0.188. The minimum atomic E-state index is -4.29. The highest BCUT2D eigenvalue weighted by Crippen LogP contribution is 2.26. The van der Waals surface area contributed by atoms with Crippen LogP contribution in [0.25, 0.3) is 0 Å². The molecule has 1 saturated carbocycles. The first kappa shape index (κ1) is 17.7. The molecule has 1 amide bonds. The molecule has 0 heterocycles.